The fourth-order valence-electron chi connectivity index (χ4n) is 3.06. The first-order valence-corrected chi connectivity index (χ1v) is 12.2. The average molecular weight is 529 g/mol. The Balaban J connectivity index is 1.66. The van der Waals surface area contributed by atoms with Gasteiger partial charge in [-0.2, -0.15) is 5.26 Å². The van der Waals surface area contributed by atoms with Crippen molar-refractivity contribution in [3.05, 3.63) is 57.6 Å². The number of nitriles is 1. The molecule has 0 atom stereocenters. The molecule has 3 aromatic rings. The molecule has 0 spiro atoms. The van der Waals surface area contributed by atoms with Gasteiger partial charge in [-0.05, 0) is 42.3 Å². The van der Waals surface area contributed by atoms with Crippen LogP contribution in [0.2, 0.25) is 5.02 Å². The molecule has 1 amide bonds. The summed E-state index contributed by atoms with van der Waals surface area (Å²) in [4.78, 5) is 12.6. The first-order chi connectivity index (χ1) is 17.5. The number of rotatable bonds is 12. The zero-order chi connectivity index (χ0) is 25.9. The Morgan fingerprint density at radius 3 is 2.64 bits per heavy atom. The minimum absolute atomic E-state index is 0.124. The molecular formula is C25H25ClN4O5S. The summed E-state index contributed by atoms with van der Waals surface area (Å²) in [6.45, 7) is 2.50. The smallest absolute Gasteiger partial charge is 0.268 e. The van der Waals surface area contributed by atoms with Crippen molar-refractivity contribution in [2.45, 2.75) is 19.8 Å². The van der Waals surface area contributed by atoms with E-state index in [-0.39, 0.29) is 23.8 Å². The molecule has 0 fully saturated rings. The quantitative estimate of drug-likeness (QED) is 0.194. The minimum Gasteiger partial charge on any atom is -0.497 e. The summed E-state index contributed by atoms with van der Waals surface area (Å²) >= 11 is 7.70. The number of nitrogens with one attached hydrogen (secondary N) is 1. The van der Waals surface area contributed by atoms with Crippen LogP contribution in [0.3, 0.4) is 0 Å². The van der Waals surface area contributed by atoms with Gasteiger partial charge in [0.2, 0.25) is 5.13 Å². The maximum absolute atomic E-state index is 12.6. The summed E-state index contributed by atoms with van der Waals surface area (Å²) in [5.41, 5.74) is 0.369. The predicted octanol–water partition coefficient (Wildman–Crippen LogP) is 5.16. The number of hydrogen-bond acceptors (Lipinski definition) is 9. The maximum Gasteiger partial charge on any atom is 0.268 e. The van der Waals surface area contributed by atoms with Gasteiger partial charge >= 0.3 is 0 Å². The molecule has 9 nitrogen and oxygen atoms in total. The van der Waals surface area contributed by atoms with Gasteiger partial charge in [-0.25, -0.2) is 0 Å². The number of halogens is 1. The molecule has 0 aliphatic heterocycles. The number of methoxy groups -OCH3 is 2. The number of hydrogen-bond donors (Lipinski definition) is 1. The number of carbonyl (C=O) groups excluding carboxylic acids is 1. The number of nitrogens with zero attached hydrogens (tertiary/aromatic N) is 3. The largest absolute Gasteiger partial charge is 0.497 e. The summed E-state index contributed by atoms with van der Waals surface area (Å²) < 4.78 is 22.0. The second-order valence-corrected chi connectivity index (χ2v) is 8.75. The van der Waals surface area contributed by atoms with Gasteiger partial charge in [-0.15, -0.1) is 10.2 Å². The number of aryl methyl sites for hydroxylation is 1. The molecule has 0 unspecified atom stereocenters. The molecule has 0 aliphatic carbocycles. The molecule has 1 aromatic heterocycles. The summed E-state index contributed by atoms with van der Waals surface area (Å²) in [5.74, 6) is 1.42. The van der Waals surface area contributed by atoms with Crippen LogP contribution < -0.4 is 24.3 Å². The number of carbonyl (C=O) groups is 1. The first kappa shape index (κ1) is 26.8. The molecule has 188 valence electrons. The molecule has 2 aromatic carbocycles. The van der Waals surface area contributed by atoms with E-state index in [2.05, 4.69) is 15.5 Å². The van der Waals surface area contributed by atoms with Crippen LogP contribution in [0.1, 0.15) is 23.9 Å². The molecule has 1 N–H and O–H groups in total. The SMILES string of the molecule is CCCc1nnc(NC(=O)C(C#N)=Cc2cc(Cl)c(OCCOc3cccc(OC)c3)c(OC)c2)s1. The van der Waals surface area contributed by atoms with Crippen LogP contribution in [-0.2, 0) is 11.2 Å². The Bertz CT molecular complexity index is 1270. The zero-order valence-corrected chi connectivity index (χ0v) is 21.6. The van der Waals surface area contributed by atoms with Gasteiger partial charge in [0.15, 0.2) is 11.5 Å². The van der Waals surface area contributed by atoms with Crippen molar-refractivity contribution in [3.63, 3.8) is 0 Å². The molecule has 0 saturated carbocycles. The van der Waals surface area contributed by atoms with Gasteiger partial charge in [-0.1, -0.05) is 35.9 Å². The van der Waals surface area contributed by atoms with E-state index in [0.717, 1.165) is 17.8 Å². The van der Waals surface area contributed by atoms with E-state index in [9.17, 15) is 10.1 Å². The minimum atomic E-state index is -0.596. The lowest BCUT2D eigenvalue weighted by atomic mass is 10.1. The van der Waals surface area contributed by atoms with Crippen molar-refractivity contribution >= 4 is 40.1 Å². The predicted molar refractivity (Wildman–Crippen MR) is 138 cm³/mol. The number of aromatic nitrogens is 2. The summed E-state index contributed by atoms with van der Waals surface area (Å²) in [7, 11) is 3.06. The van der Waals surface area contributed by atoms with Gasteiger partial charge in [0.1, 0.15) is 41.4 Å². The summed E-state index contributed by atoms with van der Waals surface area (Å²) in [6.07, 6.45) is 3.10. The molecule has 36 heavy (non-hydrogen) atoms. The Kier molecular flexibility index (Phi) is 9.92. The van der Waals surface area contributed by atoms with Gasteiger partial charge in [0, 0.05) is 12.5 Å². The number of benzene rings is 2. The lowest BCUT2D eigenvalue weighted by Crippen LogP contribution is -2.13. The number of amides is 1. The maximum atomic E-state index is 12.6. The highest BCUT2D eigenvalue weighted by molar-refractivity contribution is 7.15. The molecule has 11 heteroatoms. The van der Waals surface area contributed by atoms with Crippen molar-refractivity contribution < 1.29 is 23.7 Å². The van der Waals surface area contributed by atoms with Gasteiger partial charge < -0.3 is 18.9 Å². The van der Waals surface area contributed by atoms with Crippen LogP contribution in [0, 0.1) is 11.3 Å². The highest BCUT2D eigenvalue weighted by atomic mass is 35.5. The molecule has 0 radical (unpaired) electrons. The van der Waals surface area contributed by atoms with Crippen LogP contribution in [-0.4, -0.2) is 43.5 Å². The van der Waals surface area contributed by atoms with E-state index in [4.69, 9.17) is 30.5 Å². The van der Waals surface area contributed by atoms with Crippen LogP contribution in [0.4, 0.5) is 5.13 Å². The fraction of sp³-hybridized carbons (Fsp3) is 0.280. The fourth-order valence-corrected chi connectivity index (χ4v) is 4.17. The summed E-state index contributed by atoms with van der Waals surface area (Å²) in [5, 5.41) is 21.5. The third-order valence-corrected chi connectivity index (χ3v) is 5.90. The lowest BCUT2D eigenvalue weighted by Gasteiger charge is -2.14. The molecular weight excluding hydrogens is 504 g/mol. The van der Waals surface area contributed by atoms with Gasteiger partial charge in [-0.3, -0.25) is 10.1 Å². The molecule has 3 rings (SSSR count). The molecule has 0 aliphatic rings. The van der Waals surface area contributed by atoms with Crippen LogP contribution in [0.25, 0.3) is 6.08 Å². The van der Waals surface area contributed by atoms with Crippen LogP contribution in [0.15, 0.2) is 42.0 Å². The molecule has 0 bridgehead atoms. The lowest BCUT2D eigenvalue weighted by molar-refractivity contribution is -0.112. The van der Waals surface area contributed by atoms with E-state index in [1.165, 1.54) is 24.5 Å². The Labute approximate surface area is 218 Å². The number of ether oxygens (including phenoxy) is 4. The van der Waals surface area contributed by atoms with E-state index in [1.807, 2.05) is 31.2 Å². The van der Waals surface area contributed by atoms with Crippen LogP contribution in [0.5, 0.6) is 23.0 Å². The monoisotopic (exact) mass is 528 g/mol. The normalized spacial score (nSPS) is 10.9. The van der Waals surface area contributed by atoms with E-state index < -0.39 is 5.91 Å². The molecule has 0 saturated heterocycles. The van der Waals surface area contributed by atoms with Crippen molar-refractivity contribution in [2.24, 2.45) is 0 Å². The molecule has 1 heterocycles. The Hall–Kier alpha value is -3.81. The van der Waals surface area contributed by atoms with Crippen molar-refractivity contribution in [1.29, 1.82) is 5.26 Å². The zero-order valence-electron chi connectivity index (χ0n) is 20.0. The van der Waals surface area contributed by atoms with E-state index in [0.29, 0.717) is 33.7 Å². The van der Waals surface area contributed by atoms with Crippen LogP contribution >= 0.6 is 22.9 Å². The summed E-state index contributed by atoms with van der Waals surface area (Å²) in [6, 6.07) is 12.3. The van der Waals surface area contributed by atoms with Crippen molar-refractivity contribution in [1.82, 2.24) is 10.2 Å². The third kappa shape index (κ3) is 7.34. The van der Waals surface area contributed by atoms with E-state index in [1.54, 1.807) is 25.3 Å². The Morgan fingerprint density at radius 2 is 1.92 bits per heavy atom. The van der Waals surface area contributed by atoms with E-state index >= 15 is 0 Å². The Morgan fingerprint density at radius 1 is 1.14 bits per heavy atom. The standard InChI is InChI=1S/C25H25ClN4O5S/c1-4-6-22-29-30-25(36-22)28-24(31)17(15-27)11-16-12-20(26)23(21(13-16)33-3)35-10-9-34-19-8-5-7-18(14-19)32-2/h5,7-8,11-14H,4,6,9-10H2,1-3H3,(H,28,30,31). The highest BCUT2D eigenvalue weighted by Gasteiger charge is 2.16. The third-order valence-electron chi connectivity index (χ3n) is 4.72. The first-order valence-electron chi connectivity index (χ1n) is 11.0. The average Bonchev–Trinajstić information content (AvgIpc) is 3.32. The van der Waals surface area contributed by atoms with Crippen molar-refractivity contribution in [2.75, 3.05) is 32.8 Å². The highest BCUT2D eigenvalue weighted by Crippen LogP contribution is 2.37. The van der Waals surface area contributed by atoms with Gasteiger partial charge in [0.25, 0.3) is 5.91 Å². The second-order valence-electron chi connectivity index (χ2n) is 7.28. The second kappa shape index (κ2) is 13.3. The van der Waals surface area contributed by atoms with Gasteiger partial charge in [0.05, 0.1) is 19.2 Å². The number of anilines is 1. The topological polar surface area (TPSA) is 116 Å². The van der Waals surface area contributed by atoms with Crippen molar-refractivity contribution in [3.8, 4) is 29.1 Å².